The smallest absolute Gasteiger partial charge is 0.355 e. The van der Waals surface area contributed by atoms with Gasteiger partial charge in [0.25, 0.3) is 5.65 Å². The van der Waals surface area contributed by atoms with E-state index in [1.165, 1.54) is 4.52 Å². The predicted octanol–water partition coefficient (Wildman–Crippen LogP) is 2.79. The Morgan fingerprint density at radius 3 is 2.55 bits per heavy atom. The Kier molecular flexibility index (Phi) is 2.23. The zero-order chi connectivity index (χ0) is 13.5. The Bertz CT molecular complexity index is 927. The molecule has 4 nitrogen and oxygen atoms in total. The van der Waals surface area contributed by atoms with E-state index < -0.39 is 0 Å². The van der Waals surface area contributed by atoms with Crippen molar-refractivity contribution in [3.05, 3.63) is 72.1 Å². The van der Waals surface area contributed by atoms with E-state index in [1.54, 1.807) is 6.20 Å². The highest BCUT2D eigenvalue weighted by atomic mass is 16.5. The van der Waals surface area contributed by atoms with Crippen molar-refractivity contribution in [3.63, 3.8) is 0 Å². The quantitative estimate of drug-likeness (QED) is 0.390. The van der Waals surface area contributed by atoms with Crippen LogP contribution in [0.15, 0.2) is 66.9 Å². The first-order chi connectivity index (χ1) is 9.83. The minimum atomic E-state index is 0.418. The Balaban J connectivity index is 1.98. The fraction of sp³-hybridized carbons (Fsp3) is 0. The maximum Gasteiger partial charge on any atom is 0.355 e. The van der Waals surface area contributed by atoms with Crippen molar-refractivity contribution in [2.24, 2.45) is 0 Å². The second-order valence-electron chi connectivity index (χ2n) is 4.67. The number of fused-ring (bicyclic) bond motifs is 2. The van der Waals surface area contributed by atoms with Gasteiger partial charge in [0.15, 0.2) is 0 Å². The van der Waals surface area contributed by atoms with Gasteiger partial charge >= 0.3 is 5.82 Å². The molecule has 96 valence electrons. The number of hydrogen-bond acceptors (Lipinski definition) is 2. The Morgan fingerprint density at radius 2 is 1.70 bits per heavy atom. The molecule has 0 fully saturated rings. The van der Waals surface area contributed by atoms with E-state index in [9.17, 15) is 5.21 Å². The number of hydrogen-bond donors (Lipinski definition) is 0. The molecule has 4 aromatic rings. The van der Waals surface area contributed by atoms with Crippen LogP contribution in [-0.2, 0) is 0 Å². The number of benzene rings is 2. The lowest BCUT2D eigenvalue weighted by Gasteiger charge is -2.03. The Morgan fingerprint density at radius 1 is 0.900 bits per heavy atom. The highest BCUT2D eigenvalue weighted by Crippen LogP contribution is 2.21. The molecule has 0 aliphatic heterocycles. The lowest BCUT2D eigenvalue weighted by molar-refractivity contribution is -0.667. The van der Waals surface area contributed by atoms with Crippen LogP contribution in [-0.4, -0.2) is 9.50 Å². The molecule has 0 saturated carbocycles. The van der Waals surface area contributed by atoms with Crippen LogP contribution in [0.2, 0.25) is 0 Å². The topological polar surface area (TPSA) is 44.2 Å². The molecule has 0 unspecified atom stereocenters. The second kappa shape index (κ2) is 4.06. The molecule has 0 aliphatic rings. The third-order valence-electron chi connectivity index (χ3n) is 3.42. The van der Waals surface area contributed by atoms with Gasteiger partial charge in [-0.05, 0) is 34.0 Å². The van der Waals surface area contributed by atoms with Gasteiger partial charge in [-0.2, -0.15) is 0 Å². The van der Waals surface area contributed by atoms with Crippen LogP contribution in [0, 0.1) is 5.21 Å². The van der Waals surface area contributed by atoms with Gasteiger partial charge in [-0.3, -0.25) is 0 Å². The number of nitrogens with zero attached hydrogens (tertiary/aromatic N) is 3. The van der Waals surface area contributed by atoms with Crippen LogP contribution in [0.3, 0.4) is 0 Å². The zero-order valence-electron chi connectivity index (χ0n) is 10.6. The monoisotopic (exact) mass is 261 g/mol. The SMILES string of the molecule is [O-][n+]1c(-c2ccc3ccccc3c2)nc2ccccn21. The zero-order valence-corrected chi connectivity index (χ0v) is 10.6. The predicted molar refractivity (Wildman–Crippen MR) is 77.1 cm³/mol. The molecule has 2 aromatic carbocycles. The van der Waals surface area contributed by atoms with Crippen LogP contribution in [0.4, 0.5) is 0 Å². The van der Waals surface area contributed by atoms with Crippen molar-refractivity contribution in [2.75, 3.05) is 0 Å². The number of rotatable bonds is 1. The summed E-state index contributed by atoms with van der Waals surface area (Å²) in [6.07, 6.45) is 1.71. The summed E-state index contributed by atoms with van der Waals surface area (Å²) in [5.41, 5.74) is 1.47. The van der Waals surface area contributed by atoms with E-state index in [1.807, 2.05) is 60.7 Å². The molecule has 0 bridgehead atoms. The van der Waals surface area contributed by atoms with Gasteiger partial charge in [0.2, 0.25) is 0 Å². The van der Waals surface area contributed by atoms with E-state index in [4.69, 9.17) is 0 Å². The van der Waals surface area contributed by atoms with Crippen molar-refractivity contribution >= 4 is 16.4 Å². The van der Waals surface area contributed by atoms with Gasteiger partial charge < -0.3 is 5.21 Å². The Hall–Kier alpha value is -2.88. The minimum Gasteiger partial charge on any atom is -0.692 e. The van der Waals surface area contributed by atoms with Gasteiger partial charge in [0.05, 0.1) is 11.8 Å². The molecule has 0 atom stereocenters. The van der Waals surface area contributed by atoms with Crippen LogP contribution in [0.25, 0.3) is 27.8 Å². The highest BCUT2D eigenvalue weighted by Gasteiger charge is 2.17. The lowest BCUT2D eigenvalue weighted by Crippen LogP contribution is -2.34. The molecular weight excluding hydrogens is 250 g/mol. The summed E-state index contributed by atoms with van der Waals surface area (Å²) in [5.74, 6) is 0.418. The van der Waals surface area contributed by atoms with Crippen LogP contribution in [0.5, 0.6) is 0 Å². The largest absolute Gasteiger partial charge is 0.692 e. The van der Waals surface area contributed by atoms with Crippen molar-refractivity contribution in [1.82, 2.24) is 9.50 Å². The van der Waals surface area contributed by atoms with Crippen molar-refractivity contribution in [3.8, 4) is 11.4 Å². The fourth-order valence-electron chi connectivity index (χ4n) is 2.42. The van der Waals surface area contributed by atoms with Crippen molar-refractivity contribution in [2.45, 2.75) is 0 Å². The van der Waals surface area contributed by atoms with Crippen LogP contribution in [0.1, 0.15) is 0 Å². The summed E-state index contributed by atoms with van der Waals surface area (Å²) in [7, 11) is 0. The molecule has 0 spiro atoms. The molecule has 4 heteroatoms. The van der Waals surface area contributed by atoms with Gasteiger partial charge in [-0.1, -0.05) is 36.4 Å². The first-order valence-electron chi connectivity index (χ1n) is 6.39. The van der Waals surface area contributed by atoms with Gasteiger partial charge in [0, 0.05) is 6.07 Å². The average Bonchev–Trinajstić information content (AvgIpc) is 2.84. The third-order valence-corrected chi connectivity index (χ3v) is 3.42. The third kappa shape index (κ3) is 1.55. The molecule has 0 radical (unpaired) electrons. The normalized spacial score (nSPS) is 11.2. The van der Waals surface area contributed by atoms with Gasteiger partial charge in [-0.15, -0.1) is 9.36 Å². The maximum atomic E-state index is 12.3. The minimum absolute atomic E-state index is 0.418. The lowest BCUT2D eigenvalue weighted by atomic mass is 10.1. The van der Waals surface area contributed by atoms with E-state index in [2.05, 4.69) is 4.98 Å². The Labute approximate surface area is 115 Å². The molecule has 0 aliphatic carbocycles. The summed E-state index contributed by atoms with van der Waals surface area (Å²) in [4.78, 5) is 5.22. The summed E-state index contributed by atoms with van der Waals surface area (Å²) < 4.78 is 1.49. The number of aromatic nitrogens is 3. The van der Waals surface area contributed by atoms with Gasteiger partial charge in [0.1, 0.15) is 0 Å². The van der Waals surface area contributed by atoms with E-state index >= 15 is 0 Å². The van der Waals surface area contributed by atoms with Crippen molar-refractivity contribution in [1.29, 1.82) is 0 Å². The fourth-order valence-corrected chi connectivity index (χ4v) is 2.42. The summed E-state index contributed by atoms with van der Waals surface area (Å²) >= 11 is 0. The molecule has 0 amide bonds. The molecule has 0 saturated heterocycles. The van der Waals surface area contributed by atoms with E-state index in [-0.39, 0.29) is 0 Å². The van der Waals surface area contributed by atoms with Crippen LogP contribution < -0.4 is 4.85 Å². The summed E-state index contributed by atoms with van der Waals surface area (Å²) in [6, 6.07) is 19.5. The van der Waals surface area contributed by atoms with Crippen LogP contribution >= 0.6 is 0 Å². The second-order valence-corrected chi connectivity index (χ2v) is 4.67. The van der Waals surface area contributed by atoms with E-state index in [0.717, 1.165) is 21.2 Å². The first kappa shape index (κ1) is 11.0. The molecular formula is C16H11N3O. The highest BCUT2D eigenvalue weighted by molar-refractivity contribution is 5.86. The molecule has 0 N–H and O–H groups in total. The molecule has 20 heavy (non-hydrogen) atoms. The number of pyridine rings is 1. The van der Waals surface area contributed by atoms with Gasteiger partial charge in [-0.25, -0.2) is 0 Å². The summed E-state index contributed by atoms with van der Waals surface area (Å²) in [5, 5.41) is 14.5. The van der Waals surface area contributed by atoms with Crippen molar-refractivity contribution < 1.29 is 4.85 Å². The molecule has 2 aromatic heterocycles. The molecule has 4 rings (SSSR count). The molecule has 2 heterocycles. The average molecular weight is 261 g/mol. The first-order valence-corrected chi connectivity index (χ1v) is 6.39. The maximum absolute atomic E-state index is 12.3. The van der Waals surface area contributed by atoms with E-state index in [0.29, 0.717) is 11.5 Å². The standard InChI is InChI=1S/C16H11N3O/c20-19-16(17-15-7-3-4-10-18(15)19)14-9-8-12-5-1-2-6-13(12)11-14/h1-11H. The summed E-state index contributed by atoms with van der Waals surface area (Å²) in [6.45, 7) is 0.